The van der Waals surface area contributed by atoms with Crippen LogP contribution in [0, 0.1) is 5.92 Å². The molecule has 0 spiro atoms. The fraction of sp³-hybridized carbons (Fsp3) is 0.550. The maximum Gasteiger partial charge on any atom is 0.490 e. The lowest BCUT2D eigenvalue weighted by atomic mass is 10.2. The van der Waals surface area contributed by atoms with Gasteiger partial charge in [-0.1, -0.05) is 26.0 Å². The Labute approximate surface area is 199 Å². The maximum absolute atomic E-state index is 12.6. The van der Waals surface area contributed by atoms with Gasteiger partial charge in [0.2, 0.25) is 15.9 Å². The molecule has 1 atom stereocenters. The van der Waals surface area contributed by atoms with Crippen molar-refractivity contribution in [1.82, 2.24) is 13.6 Å². The van der Waals surface area contributed by atoms with Crippen molar-refractivity contribution in [2.45, 2.75) is 32.5 Å². The van der Waals surface area contributed by atoms with E-state index in [2.05, 4.69) is 9.69 Å². The molecular formula is C20H27F3N4O5S2. The number of carbonyl (C=O) groups excluding carboxylic acids is 1. The van der Waals surface area contributed by atoms with Crippen molar-refractivity contribution in [2.24, 2.45) is 5.92 Å². The first-order valence-electron chi connectivity index (χ1n) is 10.3. The SMILES string of the molecule is CC(C)CN(CC(=O)N1CCC(Nc2nsc3ccccc23)C1)S(C)(=O)=O.O=C(O)C(F)(F)F. The number of rotatable bonds is 7. The molecule has 1 unspecified atom stereocenters. The normalized spacial score (nSPS) is 16.6. The lowest BCUT2D eigenvalue weighted by Gasteiger charge is -2.24. The van der Waals surface area contributed by atoms with Crippen LogP contribution in [0.1, 0.15) is 20.3 Å². The average molecular weight is 525 g/mol. The zero-order valence-corrected chi connectivity index (χ0v) is 20.5. The van der Waals surface area contributed by atoms with Gasteiger partial charge < -0.3 is 15.3 Å². The molecule has 1 saturated heterocycles. The van der Waals surface area contributed by atoms with E-state index in [0.717, 1.165) is 28.6 Å². The number of halogens is 3. The van der Waals surface area contributed by atoms with Crippen LogP contribution in [0.15, 0.2) is 24.3 Å². The Hall–Kier alpha value is -2.45. The van der Waals surface area contributed by atoms with Gasteiger partial charge in [0.15, 0.2) is 0 Å². The summed E-state index contributed by atoms with van der Waals surface area (Å²) in [5.41, 5.74) is 0. The molecular weight excluding hydrogens is 497 g/mol. The van der Waals surface area contributed by atoms with Gasteiger partial charge in [0.1, 0.15) is 5.82 Å². The Bertz CT molecular complexity index is 1110. The van der Waals surface area contributed by atoms with Gasteiger partial charge in [-0.15, -0.1) is 0 Å². The molecule has 0 radical (unpaired) electrons. The fourth-order valence-electron chi connectivity index (χ4n) is 3.26. The summed E-state index contributed by atoms with van der Waals surface area (Å²) >= 11 is 1.45. The van der Waals surface area contributed by atoms with Crippen LogP contribution < -0.4 is 5.32 Å². The van der Waals surface area contributed by atoms with Gasteiger partial charge in [0, 0.05) is 31.1 Å². The molecule has 0 bridgehead atoms. The number of anilines is 1. The van der Waals surface area contributed by atoms with Crippen LogP contribution in [-0.2, 0) is 19.6 Å². The van der Waals surface area contributed by atoms with E-state index in [1.54, 1.807) is 4.90 Å². The zero-order valence-electron chi connectivity index (χ0n) is 18.9. The minimum atomic E-state index is -5.08. The number of alkyl halides is 3. The van der Waals surface area contributed by atoms with E-state index in [-0.39, 0.29) is 24.4 Å². The summed E-state index contributed by atoms with van der Waals surface area (Å²) in [5, 5.41) is 11.7. The molecule has 0 aliphatic carbocycles. The molecule has 1 amide bonds. The number of likely N-dealkylation sites (tertiary alicyclic amines) is 1. The molecule has 34 heavy (non-hydrogen) atoms. The number of fused-ring (bicyclic) bond motifs is 1. The first kappa shape index (κ1) is 27.8. The number of benzene rings is 1. The Morgan fingerprint density at radius 1 is 1.32 bits per heavy atom. The molecule has 1 aromatic carbocycles. The second-order valence-corrected chi connectivity index (χ2v) is 11.0. The number of carboxylic acid groups (broad SMARTS) is 1. The molecule has 0 saturated carbocycles. The third kappa shape index (κ3) is 8.09. The molecule has 1 aromatic heterocycles. The van der Waals surface area contributed by atoms with Gasteiger partial charge in [0.05, 0.1) is 17.5 Å². The molecule has 14 heteroatoms. The summed E-state index contributed by atoms with van der Waals surface area (Å²) in [6, 6.07) is 8.18. The third-order valence-corrected chi connectivity index (χ3v) is 6.89. The van der Waals surface area contributed by atoms with E-state index in [9.17, 15) is 26.4 Å². The molecule has 190 valence electrons. The van der Waals surface area contributed by atoms with Crippen molar-refractivity contribution in [3.63, 3.8) is 0 Å². The van der Waals surface area contributed by atoms with E-state index < -0.39 is 22.2 Å². The maximum atomic E-state index is 12.6. The van der Waals surface area contributed by atoms with Crippen molar-refractivity contribution in [1.29, 1.82) is 0 Å². The van der Waals surface area contributed by atoms with Gasteiger partial charge in [-0.2, -0.15) is 21.9 Å². The van der Waals surface area contributed by atoms with E-state index in [4.69, 9.17) is 9.90 Å². The first-order chi connectivity index (χ1) is 15.7. The van der Waals surface area contributed by atoms with Crippen LogP contribution in [0.3, 0.4) is 0 Å². The van der Waals surface area contributed by atoms with Gasteiger partial charge in [-0.05, 0) is 36.0 Å². The number of carboxylic acids is 1. The number of hydrogen-bond donors (Lipinski definition) is 2. The Morgan fingerprint density at radius 3 is 2.50 bits per heavy atom. The van der Waals surface area contributed by atoms with Crippen molar-refractivity contribution >= 4 is 49.3 Å². The van der Waals surface area contributed by atoms with Crippen LogP contribution in [-0.4, -0.2) is 83.6 Å². The summed E-state index contributed by atoms with van der Waals surface area (Å²) in [5.74, 6) is -1.88. The quantitative estimate of drug-likeness (QED) is 0.572. The average Bonchev–Trinajstić information content (AvgIpc) is 3.34. The van der Waals surface area contributed by atoms with Crippen LogP contribution in [0.5, 0.6) is 0 Å². The summed E-state index contributed by atoms with van der Waals surface area (Å²) < 4.78 is 62.5. The van der Waals surface area contributed by atoms with Crippen molar-refractivity contribution in [3.8, 4) is 0 Å². The van der Waals surface area contributed by atoms with E-state index >= 15 is 0 Å². The fourth-order valence-corrected chi connectivity index (χ4v) is 4.92. The smallest absolute Gasteiger partial charge is 0.475 e. The number of carbonyl (C=O) groups is 2. The molecule has 2 aromatic rings. The van der Waals surface area contributed by atoms with Crippen LogP contribution in [0.2, 0.25) is 0 Å². The van der Waals surface area contributed by atoms with Crippen LogP contribution in [0.4, 0.5) is 19.0 Å². The molecule has 1 aliphatic heterocycles. The number of amides is 1. The molecule has 2 N–H and O–H groups in total. The minimum Gasteiger partial charge on any atom is -0.475 e. The largest absolute Gasteiger partial charge is 0.490 e. The predicted molar refractivity (Wildman–Crippen MR) is 123 cm³/mol. The zero-order chi connectivity index (χ0) is 25.7. The van der Waals surface area contributed by atoms with Gasteiger partial charge >= 0.3 is 12.1 Å². The highest BCUT2D eigenvalue weighted by molar-refractivity contribution is 7.88. The number of nitrogens with zero attached hydrogens (tertiary/aromatic N) is 3. The summed E-state index contributed by atoms with van der Waals surface area (Å²) in [4.78, 5) is 23.3. The summed E-state index contributed by atoms with van der Waals surface area (Å²) in [7, 11) is -3.40. The molecule has 2 heterocycles. The summed E-state index contributed by atoms with van der Waals surface area (Å²) in [6.45, 7) is 5.32. The second-order valence-electron chi connectivity index (χ2n) is 8.25. The third-order valence-electron chi connectivity index (χ3n) is 4.85. The standard InChI is InChI=1S/C18H26N4O3S2.C2HF3O2/c1-13(2)10-22(27(3,24)25)12-17(23)21-9-8-14(11-21)19-18-15-6-4-5-7-16(15)26-20-18;3-2(4,5)1(6)7/h4-7,13-14H,8-12H2,1-3H3,(H,19,20);(H,6,7). The highest BCUT2D eigenvalue weighted by Gasteiger charge is 2.38. The van der Waals surface area contributed by atoms with Crippen LogP contribution >= 0.6 is 11.5 Å². The topological polar surface area (TPSA) is 120 Å². The summed E-state index contributed by atoms with van der Waals surface area (Å²) in [6.07, 6.45) is -3.11. The predicted octanol–water partition coefficient (Wildman–Crippen LogP) is 2.86. The van der Waals surface area contributed by atoms with Crippen LogP contribution in [0.25, 0.3) is 10.1 Å². The van der Waals surface area contributed by atoms with E-state index in [1.165, 1.54) is 15.8 Å². The molecule has 9 nitrogen and oxygen atoms in total. The Balaban J connectivity index is 0.000000509. The van der Waals surface area contributed by atoms with Gasteiger partial charge in [-0.3, -0.25) is 4.79 Å². The monoisotopic (exact) mass is 524 g/mol. The minimum absolute atomic E-state index is 0.0939. The number of aromatic nitrogens is 1. The lowest BCUT2D eigenvalue weighted by molar-refractivity contribution is -0.192. The molecule has 3 rings (SSSR count). The number of nitrogens with one attached hydrogen (secondary N) is 1. The molecule has 1 fully saturated rings. The Kier molecular flexibility index (Phi) is 9.25. The first-order valence-corrected chi connectivity index (χ1v) is 12.9. The van der Waals surface area contributed by atoms with Gasteiger partial charge in [-0.25, -0.2) is 13.2 Å². The number of aliphatic carboxylic acids is 1. The van der Waals surface area contributed by atoms with Crippen molar-refractivity contribution in [3.05, 3.63) is 24.3 Å². The highest BCUT2D eigenvalue weighted by Crippen LogP contribution is 2.28. The molecule has 1 aliphatic rings. The van der Waals surface area contributed by atoms with Crippen molar-refractivity contribution in [2.75, 3.05) is 37.8 Å². The van der Waals surface area contributed by atoms with Gasteiger partial charge in [0.25, 0.3) is 0 Å². The number of sulfonamides is 1. The van der Waals surface area contributed by atoms with E-state index in [1.807, 2.05) is 38.1 Å². The second kappa shape index (κ2) is 11.3. The highest BCUT2D eigenvalue weighted by atomic mass is 32.2. The number of hydrogen-bond acceptors (Lipinski definition) is 7. The van der Waals surface area contributed by atoms with E-state index in [0.29, 0.717) is 19.6 Å². The lowest BCUT2D eigenvalue weighted by Crippen LogP contribution is -2.43. The Morgan fingerprint density at radius 2 is 1.94 bits per heavy atom. The van der Waals surface area contributed by atoms with Crippen molar-refractivity contribution < 1.29 is 36.3 Å².